The molecule has 0 bridgehead atoms. The Kier molecular flexibility index (Phi) is 3.36. The van der Waals surface area contributed by atoms with E-state index in [-0.39, 0.29) is 5.78 Å². The van der Waals surface area contributed by atoms with Crippen LogP contribution in [0.1, 0.15) is 11.4 Å². The number of nitrogens with zero attached hydrogens (tertiary/aromatic N) is 2. The number of hydrogen-bond donors (Lipinski definition) is 0. The first kappa shape index (κ1) is 11.3. The minimum atomic E-state index is -0.413. The molecule has 0 radical (unpaired) electrons. The first-order valence-corrected chi connectivity index (χ1v) is 5.38. The molecule has 1 saturated heterocycles. The zero-order chi connectivity index (χ0) is 11.5. The SMILES string of the molecule is Cc1cc(CC(=O)C2COCCO2)n(C)n1. The van der Waals surface area contributed by atoms with E-state index < -0.39 is 6.10 Å². The van der Waals surface area contributed by atoms with Gasteiger partial charge in [-0.25, -0.2) is 0 Å². The predicted molar refractivity (Wildman–Crippen MR) is 57.2 cm³/mol. The molecule has 1 fully saturated rings. The molecular formula is C11H16N2O3. The molecule has 1 aromatic rings. The van der Waals surface area contributed by atoms with Gasteiger partial charge in [-0.3, -0.25) is 9.48 Å². The first-order chi connectivity index (χ1) is 7.66. The van der Waals surface area contributed by atoms with Gasteiger partial charge in [0.05, 0.1) is 31.9 Å². The minimum absolute atomic E-state index is 0.0581. The third-order valence-electron chi connectivity index (χ3n) is 2.63. The molecular weight excluding hydrogens is 208 g/mol. The van der Waals surface area contributed by atoms with Crippen LogP contribution in [0.25, 0.3) is 0 Å². The molecule has 0 aliphatic carbocycles. The molecule has 2 rings (SSSR count). The smallest absolute Gasteiger partial charge is 0.169 e. The Morgan fingerprint density at radius 2 is 2.44 bits per heavy atom. The molecule has 5 nitrogen and oxygen atoms in total. The fourth-order valence-corrected chi connectivity index (χ4v) is 1.80. The molecule has 1 atom stereocenters. The van der Waals surface area contributed by atoms with Gasteiger partial charge >= 0.3 is 0 Å². The number of ketones is 1. The number of aryl methyl sites for hydroxylation is 2. The van der Waals surface area contributed by atoms with Gasteiger partial charge in [-0.15, -0.1) is 0 Å². The highest BCUT2D eigenvalue weighted by Gasteiger charge is 2.23. The van der Waals surface area contributed by atoms with Crippen LogP contribution in [0.4, 0.5) is 0 Å². The van der Waals surface area contributed by atoms with Crippen LogP contribution in [0.5, 0.6) is 0 Å². The van der Waals surface area contributed by atoms with Crippen molar-refractivity contribution < 1.29 is 14.3 Å². The second-order valence-corrected chi connectivity index (χ2v) is 3.98. The van der Waals surface area contributed by atoms with E-state index in [1.54, 1.807) is 4.68 Å². The van der Waals surface area contributed by atoms with Crippen molar-refractivity contribution in [3.05, 3.63) is 17.5 Å². The van der Waals surface area contributed by atoms with Gasteiger partial charge < -0.3 is 9.47 Å². The van der Waals surface area contributed by atoms with Crippen molar-refractivity contribution in [2.24, 2.45) is 7.05 Å². The van der Waals surface area contributed by atoms with Crippen LogP contribution < -0.4 is 0 Å². The van der Waals surface area contributed by atoms with Crippen LogP contribution in [0, 0.1) is 6.92 Å². The lowest BCUT2D eigenvalue weighted by molar-refractivity contribution is -0.144. The van der Waals surface area contributed by atoms with Crippen LogP contribution in [-0.2, 0) is 27.7 Å². The second kappa shape index (κ2) is 4.76. The summed E-state index contributed by atoms with van der Waals surface area (Å²) in [6, 6.07) is 1.92. The second-order valence-electron chi connectivity index (χ2n) is 3.98. The number of carbonyl (C=O) groups is 1. The molecule has 1 aliphatic rings. The van der Waals surface area contributed by atoms with Crippen molar-refractivity contribution in [1.82, 2.24) is 9.78 Å². The Hall–Kier alpha value is -1.20. The Balaban J connectivity index is 1.98. The highest BCUT2D eigenvalue weighted by molar-refractivity contribution is 5.85. The maximum absolute atomic E-state index is 11.9. The molecule has 1 aromatic heterocycles. The van der Waals surface area contributed by atoms with Gasteiger partial charge in [-0.2, -0.15) is 5.10 Å². The van der Waals surface area contributed by atoms with Crippen LogP contribution in [0.15, 0.2) is 6.07 Å². The fourth-order valence-electron chi connectivity index (χ4n) is 1.80. The van der Waals surface area contributed by atoms with E-state index in [4.69, 9.17) is 9.47 Å². The van der Waals surface area contributed by atoms with E-state index in [1.165, 1.54) is 0 Å². The Morgan fingerprint density at radius 3 is 3.00 bits per heavy atom. The van der Waals surface area contributed by atoms with Crippen molar-refractivity contribution in [3.63, 3.8) is 0 Å². The molecule has 0 amide bonds. The van der Waals surface area contributed by atoms with Gasteiger partial charge in [0.1, 0.15) is 6.10 Å². The molecule has 0 aromatic carbocycles. The Labute approximate surface area is 94.3 Å². The lowest BCUT2D eigenvalue weighted by Crippen LogP contribution is -2.36. The van der Waals surface area contributed by atoms with Gasteiger partial charge in [-0.05, 0) is 13.0 Å². The van der Waals surface area contributed by atoms with Crippen LogP contribution in [0.2, 0.25) is 0 Å². The summed E-state index contributed by atoms with van der Waals surface area (Å²) in [4.78, 5) is 11.9. The van der Waals surface area contributed by atoms with Crippen molar-refractivity contribution in [2.75, 3.05) is 19.8 Å². The normalized spacial score (nSPS) is 21.0. The summed E-state index contributed by atoms with van der Waals surface area (Å²) in [5, 5.41) is 4.20. The molecule has 16 heavy (non-hydrogen) atoms. The minimum Gasteiger partial charge on any atom is -0.376 e. The summed E-state index contributed by atoms with van der Waals surface area (Å²) >= 11 is 0. The summed E-state index contributed by atoms with van der Waals surface area (Å²) in [6.07, 6.45) is -0.0605. The van der Waals surface area contributed by atoms with Crippen molar-refractivity contribution in [3.8, 4) is 0 Å². The van der Waals surface area contributed by atoms with Crippen LogP contribution >= 0.6 is 0 Å². The van der Waals surface area contributed by atoms with E-state index in [1.807, 2.05) is 20.0 Å². The monoisotopic (exact) mass is 224 g/mol. The largest absolute Gasteiger partial charge is 0.376 e. The number of ether oxygens (including phenoxy) is 2. The summed E-state index contributed by atoms with van der Waals surface area (Å²) in [5.74, 6) is 0.0581. The summed E-state index contributed by atoms with van der Waals surface area (Å²) in [6.45, 7) is 3.36. The molecule has 2 heterocycles. The third-order valence-corrected chi connectivity index (χ3v) is 2.63. The molecule has 0 saturated carbocycles. The predicted octanol–water partition coefficient (Wildman–Crippen LogP) is 0.256. The number of aromatic nitrogens is 2. The summed E-state index contributed by atoms with van der Waals surface area (Å²) in [5.41, 5.74) is 1.84. The maximum Gasteiger partial charge on any atom is 0.169 e. The number of hydrogen-bond acceptors (Lipinski definition) is 4. The molecule has 1 aliphatic heterocycles. The molecule has 88 valence electrons. The van der Waals surface area contributed by atoms with Gasteiger partial charge in [0.2, 0.25) is 0 Å². The first-order valence-electron chi connectivity index (χ1n) is 5.38. The highest BCUT2D eigenvalue weighted by atomic mass is 16.6. The van der Waals surface area contributed by atoms with Crippen molar-refractivity contribution in [2.45, 2.75) is 19.4 Å². The van der Waals surface area contributed by atoms with Crippen LogP contribution in [-0.4, -0.2) is 41.5 Å². The zero-order valence-electron chi connectivity index (χ0n) is 9.60. The van der Waals surface area contributed by atoms with Gasteiger partial charge in [0.15, 0.2) is 5.78 Å². The average Bonchev–Trinajstić information content (AvgIpc) is 2.59. The third kappa shape index (κ3) is 2.48. The van der Waals surface area contributed by atoms with E-state index in [0.29, 0.717) is 26.2 Å². The number of Topliss-reactive ketones (excluding diaryl/α,β-unsaturated/α-hetero) is 1. The van der Waals surface area contributed by atoms with E-state index in [2.05, 4.69) is 5.10 Å². The lowest BCUT2D eigenvalue weighted by Gasteiger charge is -2.21. The Bertz CT molecular complexity index is 381. The average molecular weight is 224 g/mol. The molecule has 0 N–H and O–H groups in total. The van der Waals surface area contributed by atoms with Crippen molar-refractivity contribution >= 4 is 5.78 Å². The molecule has 5 heteroatoms. The van der Waals surface area contributed by atoms with Gasteiger partial charge in [-0.1, -0.05) is 0 Å². The maximum atomic E-state index is 11.9. The summed E-state index contributed by atoms with van der Waals surface area (Å²) in [7, 11) is 1.84. The molecule has 0 spiro atoms. The molecule has 1 unspecified atom stereocenters. The van der Waals surface area contributed by atoms with E-state index in [9.17, 15) is 4.79 Å². The van der Waals surface area contributed by atoms with Crippen molar-refractivity contribution in [1.29, 1.82) is 0 Å². The topological polar surface area (TPSA) is 53.4 Å². The Morgan fingerprint density at radius 1 is 1.62 bits per heavy atom. The quantitative estimate of drug-likeness (QED) is 0.738. The van der Waals surface area contributed by atoms with Gasteiger partial charge in [0.25, 0.3) is 0 Å². The number of rotatable bonds is 3. The van der Waals surface area contributed by atoms with E-state index >= 15 is 0 Å². The van der Waals surface area contributed by atoms with Crippen LogP contribution in [0.3, 0.4) is 0 Å². The standard InChI is InChI=1S/C11H16N2O3/c1-8-5-9(13(2)12-8)6-10(14)11-7-15-3-4-16-11/h5,11H,3-4,6-7H2,1-2H3. The highest BCUT2D eigenvalue weighted by Crippen LogP contribution is 2.08. The zero-order valence-corrected chi connectivity index (χ0v) is 9.60. The van der Waals surface area contributed by atoms with Gasteiger partial charge in [0, 0.05) is 12.7 Å². The van der Waals surface area contributed by atoms with E-state index in [0.717, 1.165) is 11.4 Å². The summed E-state index contributed by atoms with van der Waals surface area (Å²) < 4.78 is 12.3. The fraction of sp³-hybridized carbons (Fsp3) is 0.636. The number of carbonyl (C=O) groups excluding carboxylic acids is 1. The lowest BCUT2D eigenvalue weighted by atomic mass is 10.1.